The number of aliphatic hydroxyl groups excluding tert-OH is 6. The molecule has 0 heterocycles. The number of unbranched alkanes of at least 4 members (excludes halogenated alkanes) is 2. The molecule has 8 aliphatic rings. The Hall–Kier alpha value is -3.91. The molecule has 1 aromatic rings. The number of carboxylic acids is 2. The maximum Gasteiger partial charge on any atom is 0.407 e. The lowest BCUT2D eigenvalue weighted by Gasteiger charge is -2.63. The predicted octanol–water partition coefficient (Wildman–Crippen LogP) is 8.09. The lowest BCUT2D eigenvalue weighted by molar-refractivity contribution is -0.207. The number of benzene rings is 1. The zero-order chi connectivity index (χ0) is 62.5. The Morgan fingerprint density at radius 3 is 1.44 bits per heavy atom. The zero-order valence-electron chi connectivity index (χ0n) is 52.6. The minimum absolute atomic E-state index is 0.0266. The highest BCUT2D eigenvalue weighted by atomic mass is 16.5. The van der Waals surface area contributed by atoms with Crippen molar-refractivity contribution >= 4 is 29.8 Å². The minimum atomic E-state index is -1.08. The molecule has 8 aliphatic carbocycles. The van der Waals surface area contributed by atoms with Crippen molar-refractivity contribution in [1.82, 2.24) is 16.0 Å². The number of nitrogens with two attached hydrogens (primary N) is 1. The van der Waals surface area contributed by atoms with E-state index in [4.69, 9.17) is 10.5 Å². The van der Waals surface area contributed by atoms with Crippen LogP contribution in [0.5, 0.6) is 0 Å². The maximum absolute atomic E-state index is 12.9. The number of amides is 3. The summed E-state index contributed by atoms with van der Waals surface area (Å²) in [5.74, 6) is 0.0711. The van der Waals surface area contributed by atoms with Gasteiger partial charge < -0.3 is 67.3 Å². The first-order valence-electron chi connectivity index (χ1n) is 33.5. The van der Waals surface area contributed by atoms with Gasteiger partial charge in [-0.2, -0.15) is 0 Å². The number of carbonyl (C=O) groups is 5. The molecule has 8 saturated carbocycles. The Bertz CT molecular complexity index is 2440. The SMILES string of the molecule is C[C@H](CCC(=O)NC(CCCCN)C(=O)O)[C@H]1CCC2[C@@H]3[C@H](O)C[C@@H]4CC(O)CC[C@]4(C)[C@H]3C[C@H](O)[C@@]21C.C[C@H](CCC(=O)NC(CCCCNC(=O)OCc1ccccc1)C(=O)O)[C@H]1CCC2[C@@H]3[C@H](O)C[C@@H]4CC(O)CC[C@]4(C)[C@H]3C[C@H](O)[C@@]21C. The van der Waals surface area contributed by atoms with Gasteiger partial charge in [0.25, 0.3) is 0 Å². The van der Waals surface area contributed by atoms with Gasteiger partial charge in [-0.15, -0.1) is 0 Å². The quantitative estimate of drug-likeness (QED) is 0.0461. The first kappa shape index (κ1) is 68.0. The summed E-state index contributed by atoms with van der Waals surface area (Å²) < 4.78 is 5.19. The summed E-state index contributed by atoms with van der Waals surface area (Å²) >= 11 is 0. The summed E-state index contributed by atoms with van der Waals surface area (Å²) in [5.41, 5.74) is 5.83. The third kappa shape index (κ3) is 14.5. The van der Waals surface area contributed by atoms with Gasteiger partial charge in [0.15, 0.2) is 0 Å². The fraction of sp³-hybridized carbons (Fsp3) is 0.838. The van der Waals surface area contributed by atoms with E-state index in [-0.39, 0.29) is 137 Å². The van der Waals surface area contributed by atoms with Gasteiger partial charge in [-0.1, -0.05) is 71.9 Å². The number of fused-ring (bicyclic) bond motifs is 10. The number of rotatable bonds is 23. The van der Waals surface area contributed by atoms with Gasteiger partial charge >= 0.3 is 18.0 Å². The summed E-state index contributed by atoms with van der Waals surface area (Å²) in [6.07, 6.45) is 13.7. The van der Waals surface area contributed by atoms with E-state index in [1.165, 1.54) is 0 Å². The molecule has 1 aromatic carbocycles. The molecular formula is C68H110N4O14. The molecule has 86 heavy (non-hydrogen) atoms. The molecule has 3 amide bonds. The summed E-state index contributed by atoms with van der Waals surface area (Å²) in [6, 6.07) is 7.50. The Balaban J connectivity index is 0.000000230. The number of carbonyl (C=O) groups excluding carboxylic acids is 3. The fourth-order valence-electron chi connectivity index (χ4n) is 20.4. The Kier molecular flexibility index (Phi) is 22.9. The second kappa shape index (κ2) is 28.9. The van der Waals surface area contributed by atoms with Crippen LogP contribution in [0.4, 0.5) is 4.79 Å². The third-order valence-corrected chi connectivity index (χ3v) is 25.3. The number of hydrogen-bond acceptors (Lipinski definition) is 13. The van der Waals surface area contributed by atoms with Crippen LogP contribution < -0.4 is 21.7 Å². The molecule has 24 atom stereocenters. The first-order valence-corrected chi connectivity index (χ1v) is 33.5. The van der Waals surface area contributed by atoms with Gasteiger partial charge in [0.2, 0.25) is 11.8 Å². The highest BCUT2D eigenvalue weighted by Crippen LogP contribution is 2.70. The number of nitrogens with one attached hydrogen (secondary N) is 3. The van der Waals surface area contributed by atoms with Crippen LogP contribution >= 0.6 is 0 Å². The van der Waals surface area contributed by atoms with Gasteiger partial charge in [0.1, 0.15) is 18.7 Å². The predicted molar refractivity (Wildman–Crippen MR) is 325 cm³/mol. The first-order chi connectivity index (χ1) is 40.8. The van der Waals surface area contributed by atoms with Crippen molar-refractivity contribution in [3.05, 3.63) is 35.9 Å². The summed E-state index contributed by atoms with van der Waals surface area (Å²) in [5, 5.41) is 94.4. The van der Waals surface area contributed by atoms with Gasteiger partial charge in [-0.25, -0.2) is 14.4 Å². The van der Waals surface area contributed by atoms with Crippen LogP contribution in [0.1, 0.15) is 201 Å². The van der Waals surface area contributed by atoms with Crippen molar-refractivity contribution in [2.75, 3.05) is 13.1 Å². The fourth-order valence-corrected chi connectivity index (χ4v) is 20.4. The number of carboxylic acid groups (broad SMARTS) is 2. The van der Waals surface area contributed by atoms with Crippen LogP contribution in [0, 0.1) is 92.7 Å². The molecule has 0 aromatic heterocycles. The number of aliphatic hydroxyl groups is 6. The molecule has 18 nitrogen and oxygen atoms in total. The Morgan fingerprint density at radius 1 is 0.570 bits per heavy atom. The highest BCUT2D eigenvalue weighted by molar-refractivity contribution is 5.84. The molecule has 8 fully saturated rings. The van der Waals surface area contributed by atoms with Crippen molar-refractivity contribution < 1.29 is 69.6 Å². The van der Waals surface area contributed by atoms with Gasteiger partial charge in [0.05, 0.1) is 36.6 Å². The van der Waals surface area contributed by atoms with Crippen molar-refractivity contribution in [3.63, 3.8) is 0 Å². The normalized spacial score (nSPS) is 40.0. The van der Waals surface area contributed by atoms with E-state index < -0.39 is 54.5 Å². The van der Waals surface area contributed by atoms with Crippen molar-refractivity contribution in [2.45, 2.75) is 251 Å². The molecule has 0 spiro atoms. The second-order valence-corrected chi connectivity index (χ2v) is 29.8. The molecular weight excluding hydrogens is 1100 g/mol. The number of alkyl carbamates (subject to hydrolysis) is 1. The maximum atomic E-state index is 12.9. The molecule has 0 bridgehead atoms. The smallest absolute Gasteiger partial charge is 0.407 e. The van der Waals surface area contributed by atoms with Crippen LogP contribution in [0.25, 0.3) is 0 Å². The van der Waals surface area contributed by atoms with Crippen LogP contribution in [0.2, 0.25) is 0 Å². The van der Waals surface area contributed by atoms with Crippen molar-refractivity contribution in [1.29, 1.82) is 0 Å². The second-order valence-electron chi connectivity index (χ2n) is 29.8. The van der Waals surface area contributed by atoms with Crippen molar-refractivity contribution in [2.24, 2.45) is 98.4 Å². The average Bonchev–Trinajstić information content (AvgIpc) is 1.33. The van der Waals surface area contributed by atoms with Crippen LogP contribution in [0.3, 0.4) is 0 Å². The Morgan fingerprint density at radius 2 is 1.01 bits per heavy atom. The number of aliphatic carboxylic acids is 2. The van der Waals surface area contributed by atoms with Gasteiger partial charge in [0, 0.05) is 19.4 Å². The van der Waals surface area contributed by atoms with Gasteiger partial charge in [-0.3, -0.25) is 9.59 Å². The van der Waals surface area contributed by atoms with Crippen molar-refractivity contribution in [3.8, 4) is 0 Å². The molecule has 18 heteroatoms. The van der Waals surface area contributed by atoms with E-state index in [9.17, 15) is 64.8 Å². The number of hydrogen-bond donors (Lipinski definition) is 12. The van der Waals surface area contributed by atoms with E-state index in [2.05, 4.69) is 57.5 Å². The van der Waals surface area contributed by atoms with E-state index >= 15 is 0 Å². The van der Waals surface area contributed by atoms with E-state index in [1.54, 1.807) is 0 Å². The monoisotopic (exact) mass is 1210 g/mol. The Labute approximate surface area is 511 Å². The molecule has 9 rings (SSSR count). The molecule has 0 radical (unpaired) electrons. The van der Waals surface area contributed by atoms with E-state index in [0.29, 0.717) is 70.4 Å². The molecule has 6 unspecified atom stereocenters. The average molecular weight is 1210 g/mol. The summed E-state index contributed by atoms with van der Waals surface area (Å²) in [7, 11) is 0. The summed E-state index contributed by atoms with van der Waals surface area (Å²) in [6.45, 7) is 14.4. The van der Waals surface area contributed by atoms with Crippen LogP contribution in [-0.2, 0) is 30.5 Å². The number of ether oxygens (including phenoxy) is 1. The largest absolute Gasteiger partial charge is 0.480 e. The summed E-state index contributed by atoms with van der Waals surface area (Å²) in [4.78, 5) is 61.0. The molecule has 0 aliphatic heterocycles. The topological polar surface area (TPSA) is 319 Å². The van der Waals surface area contributed by atoms with E-state index in [0.717, 1.165) is 89.0 Å². The molecule has 13 N–H and O–H groups in total. The lowest BCUT2D eigenvalue weighted by Crippen LogP contribution is -2.62. The standard InChI is InChI=1S/C38H58N2O8.C30H52N2O6/c1-23(12-15-33(44)40-30(35(45)46)11-7-8-18-39-36(47)48-22-24-9-5-4-6-10-24)27-13-14-28-34-29(21-32(43)38(27,28)3)37(2)17-16-26(41)19-25(37)20-31(34)42;1-17(7-10-26(36)32-23(28(37)38)6-4-5-13-31)20-8-9-21-27-22(16-25(35)30(20,21)3)29(2)12-11-19(33)14-18(29)15-24(27)34/h4-6,9-10,23,25-32,34,41-43H,7-8,11-22H2,1-3H3,(H,39,47)(H,40,44)(H,45,46);17-25,27,33-35H,4-16,31H2,1-3H3,(H,32,36)(H,37,38)/t23-,25+,26?,27-,28?,29+,30?,31-,32+,34+,37+,38-;17-,18+,19?,20-,21?,22+,23?,24-,25+,27+,29+,30-/m11/s1. The van der Waals surface area contributed by atoms with E-state index in [1.807, 2.05) is 30.3 Å². The lowest BCUT2D eigenvalue weighted by atomic mass is 9.43. The van der Waals surface area contributed by atoms with Gasteiger partial charge in [-0.05, 0) is 246 Å². The minimum Gasteiger partial charge on any atom is -0.480 e. The van der Waals surface area contributed by atoms with Crippen LogP contribution in [-0.4, -0.2) is 132 Å². The molecule has 0 saturated heterocycles. The van der Waals surface area contributed by atoms with Crippen LogP contribution in [0.15, 0.2) is 30.3 Å². The molecule has 486 valence electrons. The highest BCUT2D eigenvalue weighted by Gasteiger charge is 2.67. The zero-order valence-corrected chi connectivity index (χ0v) is 52.6. The third-order valence-electron chi connectivity index (χ3n) is 25.3.